The van der Waals surface area contributed by atoms with Gasteiger partial charge in [0, 0.05) is 37.1 Å². The molecule has 0 radical (unpaired) electrons. The Morgan fingerprint density at radius 3 is 2.44 bits per heavy atom. The van der Waals surface area contributed by atoms with E-state index in [0.717, 1.165) is 48.0 Å². The van der Waals surface area contributed by atoms with Crippen LogP contribution in [0.1, 0.15) is 25.3 Å². The Hall–Kier alpha value is -2.95. The maximum atomic E-state index is 4.66. The summed E-state index contributed by atoms with van der Waals surface area (Å²) >= 11 is 0. The van der Waals surface area contributed by atoms with Crippen molar-refractivity contribution in [1.82, 2.24) is 15.0 Å². The lowest BCUT2D eigenvalue weighted by atomic mass is 10.2. The highest BCUT2D eigenvalue weighted by molar-refractivity contribution is 5.61. The van der Waals surface area contributed by atoms with E-state index in [0.29, 0.717) is 6.54 Å². The van der Waals surface area contributed by atoms with Crippen LogP contribution in [-0.2, 0) is 6.54 Å². The number of benzene rings is 1. The number of unbranched alkanes of at least 4 members (excludes halogenated alkanes) is 1. The molecule has 0 unspecified atom stereocenters. The van der Waals surface area contributed by atoms with Gasteiger partial charge in [0.25, 0.3) is 0 Å². The molecule has 5 nitrogen and oxygen atoms in total. The summed E-state index contributed by atoms with van der Waals surface area (Å²) in [5.74, 6) is 2.36. The molecule has 0 saturated heterocycles. The second-order valence-electron chi connectivity index (χ2n) is 5.82. The average Bonchev–Trinajstić information content (AvgIpc) is 2.68. The number of nitrogens with one attached hydrogen (secondary N) is 2. The van der Waals surface area contributed by atoms with Gasteiger partial charge in [0.15, 0.2) is 5.82 Å². The molecule has 0 aliphatic heterocycles. The van der Waals surface area contributed by atoms with E-state index in [2.05, 4.69) is 32.5 Å². The van der Waals surface area contributed by atoms with E-state index in [-0.39, 0.29) is 0 Å². The summed E-state index contributed by atoms with van der Waals surface area (Å²) in [5, 5.41) is 6.76. The average molecular weight is 333 g/mol. The molecule has 0 atom stereocenters. The second kappa shape index (κ2) is 8.78. The van der Waals surface area contributed by atoms with Crippen molar-refractivity contribution in [2.75, 3.05) is 17.2 Å². The first-order valence-electron chi connectivity index (χ1n) is 8.66. The van der Waals surface area contributed by atoms with Crippen LogP contribution in [0.2, 0.25) is 0 Å². The lowest BCUT2D eigenvalue weighted by Crippen LogP contribution is -2.08. The zero-order valence-corrected chi connectivity index (χ0v) is 14.4. The molecular weight excluding hydrogens is 310 g/mol. The van der Waals surface area contributed by atoms with Crippen molar-refractivity contribution in [3.8, 4) is 11.4 Å². The maximum absolute atomic E-state index is 4.66. The first kappa shape index (κ1) is 16.9. The third kappa shape index (κ3) is 5.01. The third-order valence-electron chi connectivity index (χ3n) is 3.79. The summed E-state index contributed by atoms with van der Waals surface area (Å²) in [6, 6.07) is 16.0. The zero-order valence-electron chi connectivity index (χ0n) is 14.4. The Morgan fingerprint density at radius 1 is 0.920 bits per heavy atom. The molecule has 2 aromatic heterocycles. The van der Waals surface area contributed by atoms with Crippen molar-refractivity contribution in [2.24, 2.45) is 0 Å². The summed E-state index contributed by atoms with van der Waals surface area (Å²) in [5.41, 5.74) is 2.12. The van der Waals surface area contributed by atoms with Crippen LogP contribution in [0.4, 0.5) is 11.6 Å². The second-order valence-corrected chi connectivity index (χ2v) is 5.82. The lowest BCUT2D eigenvalue weighted by Gasteiger charge is -2.11. The van der Waals surface area contributed by atoms with Crippen LogP contribution in [0.15, 0.2) is 60.9 Å². The van der Waals surface area contributed by atoms with E-state index in [1.54, 1.807) is 6.20 Å². The van der Waals surface area contributed by atoms with Gasteiger partial charge in [0.05, 0.1) is 0 Å². The van der Waals surface area contributed by atoms with Crippen LogP contribution in [0.3, 0.4) is 0 Å². The van der Waals surface area contributed by atoms with Crippen LogP contribution in [0, 0.1) is 0 Å². The Balaban J connectivity index is 1.81. The first-order chi connectivity index (χ1) is 12.3. The number of anilines is 2. The predicted molar refractivity (Wildman–Crippen MR) is 102 cm³/mol. The summed E-state index contributed by atoms with van der Waals surface area (Å²) < 4.78 is 0. The Bertz CT molecular complexity index is 775. The van der Waals surface area contributed by atoms with Gasteiger partial charge in [-0.25, -0.2) is 9.97 Å². The normalized spacial score (nSPS) is 10.4. The molecule has 3 aromatic rings. The van der Waals surface area contributed by atoms with E-state index in [9.17, 15) is 0 Å². The molecule has 0 amide bonds. The molecule has 0 bridgehead atoms. The molecule has 128 valence electrons. The van der Waals surface area contributed by atoms with Crippen LogP contribution < -0.4 is 10.6 Å². The van der Waals surface area contributed by atoms with Crippen LogP contribution in [-0.4, -0.2) is 21.5 Å². The lowest BCUT2D eigenvalue weighted by molar-refractivity contribution is 0.830. The highest BCUT2D eigenvalue weighted by Crippen LogP contribution is 2.20. The van der Waals surface area contributed by atoms with Crippen LogP contribution in [0.25, 0.3) is 11.4 Å². The highest BCUT2D eigenvalue weighted by atomic mass is 15.1. The number of rotatable bonds is 8. The molecule has 0 aliphatic carbocycles. The summed E-state index contributed by atoms with van der Waals surface area (Å²) in [7, 11) is 0. The molecule has 1 aromatic carbocycles. The monoisotopic (exact) mass is 333 g/mol. The van der Waals surface area contributed by atoms with Crippen molar-refractivity contribution in [2.45, 2.75) is 26.3 Å². The standard InChI is InChI=1S/C20H23N5/c1-2-3-12-22-18-13-19(23-15-16-8-7-11-21-14-16)25-20(24-18)17-9-5-4-6-10-17/h4-11,13-14H,2-3,12,15H2,1H3,(H2,22,23,24,25). The van der Waals surface area contributed by atoms with Gasteiger partial charge >= 0.3 is 0 Å². The van der Waals surface area contributed by atoms with Gasteiger partial charge in [0.1, 0.15) is 11.6 Å². The van der Waals surface area contributed by atoms with E-state index in [1.807, 2.05) is 54.7 Å². The number of hydrogen-bond acceptors (Lipinski definition) is 5. The topological polar surface area (TPSA) is 62.7 Å². The largest absolute Gasteiger partial charge is 0.370 e. The van der Waals surface area contributed by atoms with Crippen molar-refractivity contribution in [3.05, 3.63) is 66.5 Å². The number of nitrogens with zero attached hydrogens (tertiary/aromatic N) is 3. The highest BCUT2D eigenvalue weighted by Gasteiger charge is 2.07. The fourth-order valence-electron chi connectivity index (χ4n) is 2.43. The van der Waals surface area contributed by atoms with Gasteiger partial charge in [0.2, 0.25) is 0 Å². The molecule has 0 fully saturated rings. The minimum Gasteiger partial charge on any atom is -0.370 e. The van der Waals surface area contributed by atoms with Crippen molar-refractivity contribution in [1.29, 1.82) is 0 Å². The van der Waals surface area contributed by atoms with Gasteiger partial charge in [-0.2, -0.15) is 0 Å². The molecular formula is C20H23N5. The molecule has 25 heavy (non-hydrogen) atoms. The number of pyridine rings is 1. The van der Waals surface area contributed by atoms with Gasteiger partial charge in [-0.3, -0.25) is 4.98 Å². The predicted octanol–water partition coefficient (Wildman–Crippen LogP) is 4.36. The minimum atomic E-state index is 0.674. The van der Waals surface area contributed by atoms with Gasteiger partial charge in [-0.05, 0) is 18.1 Å². The van der Waals surface area contributed by atoms with E-state index < -0.39 is 0 Å². The summed E-state index contributed by atoms with van der Waals surface area (Å²) in [6.45, 7) is 3.76. The summed E-state index contributed by atoms with van der Waals surface area (Å²) in [6.07, 6.45) is 5.89. The van der Waals surface area contributed by atoms with Crippen molar-refractivity contribution >= 4 is 11.6 Å². The zero-order chi connectivity index (χ0) is 17.3. The quantitative estimate of drug-likeness (QED) is 0.600. The van der Waals surface area contributed by atoms with E-state index in [4.69, 9.17) is 0 Å². The molecule has 2 heterocycles. The number of hydrogen-bond donors (Lipinski definition) is 2. The Kier molecular flexibility index (Phi) is 5.93. The summed E-state index contributed by atoms with van der Waals surface area (Å²) in [4.78, 5) is 13.5. The third-order valence-corrected chi connectivity index (χ3v) is 3.79. The molecule has 5 heteroatoms. The molecule has 2 N–H and O–H groups in total. The van der Waals surface area contributed by atoms with Crippen molar-refractivity contribution < 1.29 is 0 Å². The number of aromatic nitrogens is 3. The van der Waals surface area contributed by atoms with Gasteiger partial charge in [-0.15, -0.1) is 0 Å². The fourth-order valence-corrected chi connectivity index (χ4v) is 2.43. The maximum Gasteiger partial charge on any atom is 0.163 e. The SMILES string of the molecule is CCCCNc1cc(NCc2cccnc2)nc(-c2ccccc2)n1. The van der Waals surface area contributed by atoms with Crippen molar-refractivity contribution in [3.63, 3.8) is 0 Å². The molecule has 3 rings (SSSR count). The van der Waals surface area contributed by atoms with E-state index in [1.165, 1.54) is 0 Å². The molecule has 0 spiro atoms. The fraction of sp³-hybridized carbons (Fsp3) is 0.250. The molecule has 0 saturated carbocycles. The van der Waals surface area contributed by atoms with Crippen LogP contribution >= 0.6 is 0 Å². The van der Waals surface area contributed by atoms with Gasteiger partial charge < -0.3 is 10.6 Å². The van der Waals surface area contributed by atoms with Gasteiger partial charge in [-0.1, -0.05) is 49.7 Å². The minimum absolute atomic E-state index is 0.674. The first-order valence-corrected chi connectivity index (χ1v) is 8.66. The van der Waals surface area contributed by atoms with Crippen LogP contribution in [0.5, 0.6) is 0 Å². The Morgan fingerprint density at radius 2 is 1.72 bits per heavy atom. The smallest absolute Gasteiger partial charge is 0.163 e. The molecule has 0 aliphatic rings. The Labute approximate surface area is 148 Å². The van der Waals surface area contributed by atoms with E-state index >= 15 is 0 Å².